The van der Waals surface area contributed by atoms with Crippen LogP contribution in [0.1, 0.15) is 48.6 Å². The van der Waals surface area contributed by atoms with E-state index in [-0.39, 0.29) is 5.41 Å². The quantitative estimate of drug-likeness (QED) is 0.435. The van der Waals surface area contributed by atoms with Gasteiger partial charge in [-0.05, 0) is 18.1 Å². The molecule has 0 unspecified atom stereocenters. The highest BCUT2D eigenvalue weighted by molar-refractivity contribution is 5.88. The van der Waals surface area contributed by atoms with E-state index in [2.05, 4.69) is 44.7 Å². The second kappa shape index (κ2) is 6.49. The van der Waals surface area contributed by atoms with Crippen molar-refractivity contribution in [2.24, 2.45) is 0 Å². The summed E-state index contributed by atoms with van der Waals surface area (Å²) in [5, 5.41) is 0. The van der Waals surface area contributed by atoms with Crippen molar-refractivity contribution in [2.75, 3.05) is 0 Å². The van der Waals surface area contributed by atoms with Crippen LogP contribution in [0.3, 0.4) is 0 Å². The Morgan fingerprint density at radius 3 is 1.64 bits per heavy atom. The van der Waals surface area contributed by atoms with Gasteiger partial charge in [0.05, 0.1) is 0 Å². The van der Waals surface area contributed by atoms with Gasteiger partial charge in [0.15, 0.2) is 5.60 Å². The Labute approximate surface area is 166 Å². The van der Waals surface area contributed by atoms with E-state index in [4.69, 9.17) is 4.74 Å². The Bertz CT molecular complexity index is 1010. The van der Waals surface area contributed by atoms with Gasteiger partial charge in [-0.25, -0.2) is 4.79 Å². The topological polar surface area (TPSA) is 26.3 Å². The van der Waals surface area contributed by atoms with E-state index in [0.29, 0.717) is 5.57 Å². The lowest BCUT2D eigenvalue weighted by atomic mass is 9.61. The molecule has 0 atom stereocenters. The zero-order valence-corrected chi connectivity index (χ0v) is 16.5. The number of fused-ring (bicyclic) bond motifs is 2. The van der Waals surface area contributed by atoms with Gasteiger partial charge in [-0.2, -0.15) is 0 Å². The van der Waals surface area contributed by atoms with Crippen molar-refractivity contribution in [1.82, 2.24) is 0 Å². The monoisotopic (exact) mass is 368 g/mol. The van der Waals surface area contributed by atoms with Crippen LogP contribution in [0, 0.1) is 0 Å². The summed E-state index contributed by atoms with van der Waals surface area (Å²) < 4.78 is 6.33. The van der Waals surface area contributed by atoms with Crippen molar-refractivity contribution < 1.29 is 9.53 Å². The zero-order valence-electron chi connectivity index (χ0n) is 16.5. The third kappa shape index (κ3) is 2.52. The molecule has 28 heavy (non-hydrogen) atoms. The molecule has 0 amide bonds. The molecule has 0 fully saturated rings. The average Bonchev–Trinajstić information content (AvgIpc) is 2.72. The molecule has 1 aliphatic carbocycles. The third-order valence-corrected chi connectivity index (χ3v) is 5.73. The molecule has 0 saturated carbocycles. The van der Waals surface area contributed by atoms with Crippen molar-refractivity contribution in [2.45, 2.75) is 31.8 Å². The van der Waals surface area contributed by atoms with Gasteiger partial charge in [-0.15, -0.1) is 0 Å². The van der Waals surface area contributed by atoms with Gasteiger partial charge in [-0.1, -0.05) is 99.3 Å². The van der Waals surface area contributed by atoms with Crippen molar-refractivity contribution in [1.29, 1.82) is 0 Å². The molecule has 0 saturated heterocycles. The number of benzene rings is 3. The number of rotatable bonds is 3. The molecule has 0 aliphatic heterocycles. The van der Waals surface area contributed by atoms with Crippen LogP contribution >= 0.6 is 0 Å². The van der Waals surface area contributed by atoms with Crippen molar-refractivity contribution in [3.8, 4) is 0 Å². The molecule has 140 valence electrons. The molecule has 0 bridgehead atoms. The largest absolute Gasteiger partial charge is 0.441 e. The van der Waals surface area contributed by atoms with Crippen LogP contribution in [-0.2, 0) is 20.5 Å². The van der Waals surface area contributed by atoms with Gasteiger partial charge in [0.2, 0.25) is 0 Å². The average molecular weight is 368 g/mol. The predicted octanol–water partition coefficient (Wildman–Crippen LogP) is 5.74. The molecule has 2 nitrogen and oxygen atoms in total. The third-order valence-electron chi connectivity index (χ3n) is 5.73. The fraction of sp³-hybridized carbons (Fsp3) is 0.192. The summed E-state index contributed by atoms with van der Waals surface area (Å²) >= 11 is 0. The van der Waals surface area contributed by atoms with Gasteiger partial charge in [-0.3, -0.25) is 0 Å². The number of hydrogen-bond acceptors (Lipinski definition) is 2. The van der Waals surface area contributed by atoms with E-state index in [1.807, 2.05) is 54.6 Å². The molecule has 3 aromatic rings. The second-order valence-corrected chi connectivity index (χ2v) is 7.93. The lowest BCUT2D eigenvalue weighted by Crippen LogP contribution is -2.44. The first kappa shape index (κ1) is 18.2. The maximum absolute atomic E-state index is 12.8. The number of esters is 1. The first-order chi connectivity index (χ1) is 13.4. The fourth-order valence-corrected chi connectivity index (χ4v) is 4.34. The molecule has 0 N–H and O–H groups in total. The van der Waals surface area contributed by atoms with Crippen LogP contribution in [0.4, 0.5) is 0 Å². The highest BCUT2D eigenvalue weighted by Gasteiger charge is 2.50. The molecule has 2 heteroatoms. The predicted molar refractivity (Wildman–Crippen MR) is 112 cm³/mol. The summed E-state index contributed by atoms with van der Waals surface area (Å²) in [6, 6.07) is 26.5. The highest BCUT2D eigenvalue weighted by Crippen LogP contribution is 2.53. The Kier molecular flexibility index (Phi) is 4.23. The van der Waals surface area contributed by atoms with Gasteiger partial charge in [0, 0.05) is 27.7 Å². The van der Waals surface area contributed by atoms with Crippen LogP contribution in [0.2, 0.25) is 0 Å². The van der Waals surface area contributed by atoms with Crippen LogP contribution in [-0.4, -0.2) is 5.97 Å². The molecule has 1 aliphatic rings. The molecule has 0 radical (unpaired) electrons. The molecule has 0 heterocycles. The molecular weight excluding hydrogens is 344 g/mol. The van der Waals surface area contributed by atoms with E-state index in [0.717, 1.165) is 27.8 Å². The summed E-state index contributed by atoms with van der Waals surface area (Å²) in [6.07, 6.45) is 0. The van der Waals surface area contributed by atoms with Crippen molar-refractivity contribution in [3.05, 3.63) is 119 Å². The smallest absolute Gasteiger partial charge is 0.334 e. The van der Waals surface area contributed by atoms with Crippen LogP contribution in [0.15, 0.2) is 91.0 Å². The van der Waals surface area contributed by atoms with Crippen molar-refractivity contribution in [3.63, 3.8) is 0 Å². The van der Waals surface area contributed by atoms with E-state index >= 15 is 0 Å². The van der Waals surface area contributed by atoms with Gasteiger partial charge in [0.25, 0.3) is 0 Å². The SMILES string of the molecule is C=C(C)C(=O)OC1(c2ccccc2)c2ccccc2C(C)(C)c2ccccc21. The van der Waals surface area contributed by atoms with E-state index in [9.17, 15) is 4.79 Å². The summed E-state index contributed by atoms with van der Waals surface area (Å²) in [5.74, 6) is -0.395. The van der Waals surface area contributed by atoms with E-state index in [1.54, 1.807) is 6.92 Å². The number of hydrogen-bond donors (Lipinski definition) is 0. The maximum atomic E-state index is 12.8. The Hall–Kier alpha value is -3.13. The Balaban J connectivity index is 2.14. The fourth-order valence-electron chi connectivity index (χ4n) is 4.34. The van der Waals surface area contributed by atoms with E-state index in [1.165, 1.54) is 0 Å². The van der Waals surface area contributed by atoms with Gasteiger partial charge >= 0.3 is 5.97 Å². The summed E-state index contributed by atoms with van der Waals surface area (Å²) in [7, 11) is 0. The first-order valence-corrected chi connectivity index (χ1v) is 9.53. The molecule has 3 aromatic carbocycles. The van der Waals surface area contributed by atoms with Gasteiger partial charge in [0.1, 0.15) is 0 Å². The second-order valence-electron chi connectivity index (χ2n) is 7.93. The minimum Gasteiger partial charge on any atom is -0.441 e. The zero-order chi connectivity index (χ0) is 19.9. The number of carbonyl (C=O) groups is 1. The summed E-state index contributed by atoms with van der Waals surface area (Å²) in [4.78, 5) is 12.8. The highest BCUT2D eigenvalue weighted by atomic mass is 16.6. The summed E-state index contributed by atoms with van der Waals surface area (Å²) in [6.45, 7) is 9.94. The molecule has 4 rings (SSSR count). The lowest BCUT2D eigenvalue weighted by molar-refractivity contribution is -0.148. The van der Waals surface area contributed by atoms with Crippen LogP contribution < -0.4 is 0 Å². The van der Waals surface area contributed by atoms with Gasteiger partial charge < -0.3 is 4.74 Å². The van der Waals surface area contributed by atoms with E-state index < -0.39 is 11.6 Å². The molecule has 0 aromatic heterocycles. The van der Waals surface area contributed by atoms with Crippen LogP contribution in [0.25, 0.3) is 0 Å². The maximum Gasteiger partial charge on any atom is 0.334 e. The Morgan fingerprint density at radius 1 is 0.750 bits per heavy atom. The van der Waals surface area contributed by atoms with Crippen LogP contribution in [0.5, 0.6) is 0 Å². The standard InChI is InChI=1S/C26H24O2/c1-18(2)24(27)28-26(19-12-6-5-7-13-19)22-16-10-8-14-20(22)25(3,4)21-15-9-11-17-23(21)26/h5-17H,1H2,2-4H3. The minimum absolute atomic E-state index is 0.207. The number of ether oxygens (including phenoxy) is 1. The van der Waals surface area contributed by atoms with Crippen molar-refractivity contribution >= 4 is 5.97 Å². The Morgan fingerprint density at radius 2 is 1.18 bits per heavy atom. The summed E-state index contributed by atoms with van der Waals surface area (Å²) in [5.41, 5.74) is 4.41. The molecule has 0 spiro atoms. The molecular formula is C26H24O2. The lowest BCUT2D eigenvalue weighted by Gasteiger charge is -2.46. The number of carbonyl (C=O) groups excluding carboxylic acids is 1. The first-order valence-electron chi connectivity index (χ1n) is 9.53. The minimum atomic E-state index is -1.01. The normalized spacial score (nSPS) is 15.8.